The third kappa shape index (κ3) is 3.81. The van der Waals surface area contributed by atoms with Gasteiger partial charge in [-0.05, 0) is 35.7 Å². The quantitative estimate of drug-likeness (QED) is 0.486. The van der Waals surface area contributed by atoms with Gasteiger partial charge in [0, 0.05) is 41.6 Å². The minimum Gasteiger partial charge on any atom is -0.360 e. The molecule has 4 nitrogen and oxygen atoms in total. The summed E-state index contributed by atoms with van der Waals surface area (Å²) in [5, 5.41) is 4.41. The van der Waals surface area contributed by atoms with Gasteiger partial charge < -0.3 is 10.3 Å². The first-order valence-electron chi connectivity index (χ1n) is 9.10. The molecule has 0 saturated carbocycles. The fraction of sp³-hybridized carbons (Fsp3) is 0.130. The van der Waals surface area contributed by atoms with Gasteiger partial charge in [0.1, 0.15) is 0 Å². The Morgan fingerprint density at radius 1 is 0.963 bits per heavy atom. The summed E-state index contributed by atoms with van der Waals surface area (Å²) >= 11 is 0. The maximum atomic E-state index is 13.4. The smallest absolute Gasteiger partial charge is 0.186 e. The molecule has 0 unspecified atom stereocenters. The molecule has 2 N–H and O–H groups in total. The molecule has 0 bridgehead atoms. The Kier molecular flexibility index (Phi) is 5.08. The van der Waals surface area contributed by atoms with Gasteiger partial charge in [-0.25, -0.2) is 0 Å². The zero-order valence-electron chi connectivity index (χ0n) is 14.9. The van der Waals surface area contributed by atoms with Crippen LogP contribution in [-0.2, 0) is 6.42 Å². The van der Waals surface area contributed by atoms with Crippen molar-refractivity contribution in [3.63, 3.8) is 0 Å². The van der Waals surface area contributed by atoms with Crippen molar-refractivity contribution in [3.8, 4) is 0 Å². The zero-order chi connectivity index (χ0) is 18.5. The molecule has 27 heavy (non-hydrogen) atoms. The molecule has 0 fully saturated rings. The monoisotopic (exact) mass is 355 g/mol. The lowest BCUT2D eigenvalue weighted by molar-refractivity contribution is 0.0945. The Morgan fingerprint density at radius 2 is 1.70 bits per heavy atom. The lowest BCUT2D eigenvalue weighted by Crippen LogP contribution is -2.30. The first kappa shape index (κ1) is 17.2. The summed E-state index contributed by atoms with van der Waals surface area (Å²) in [6, 6.07) is 21.4. The number of rotatable bonds is 7. The number of carbonyl (C=O) groups is 1. The summed E-state index contributed by atoms with van der Waals surface area (Å²) in [5.74, 6) is 0.0772. The van der Waals surface area contributed by atoms with Crippen molar-refractivity contribution in [2.45, 2.75) is 12.5 Å². The van der Waals surface area contributed by atoms with Crippen LogP contribution in [0.5, 0.6) is 0 Å². The van der Waals surface area contributed by atoms with Gasteiger partial charge in [-0.3, -0.25) is 9.78 Å². The van der Waals surface area contributed by atoms with Crippen LogP contribution in [0.15, 0.2) is 85.3 Å². The molecule has 4 heteroatoms. The molecule has 4 rings (SSSR count). The molecule has 2 heterocycles. The van der Waals surface area contributed by atoms with Gasteiger partial charge in [0.05, 0.1) is 6.04 Å². The molecule has 0 aliphatic heterocycles. The van der Waals surface area contributed by atoms with E-state index in [4.69, 9.17) is 0 Å². The third-order valence-corrected chi connectivity index (χ3v) is 4.76. The van der Waals surface area contributed by atoms with Gasteiger partial charge in [-0.2, -0.15) is 0 Å². The molecule has 0 spiro atoms. The number of nitrogens with one attached hydrogen (secondary N) is 2. The highest BCUT2D eigenvalue weighted by Gasteiger charge is 2.23. The third-order valence-electron chi connectivity index (χ3n) is 4.76. The number of carbonyl (C=O) groups excluding carboxylic acids is 1. The maximum absolute atomic E-state index is 13.4. The number of pyridine rings is 1. The minimum atomic E-state index is -0.382. The van der Waals surface area contributed by atoms with E-state index >= 15 is 0 Å². The van der Waals surface area contributed by atoms with E-state index in [0.29, 0.717) is 6.54 Å². The van der Waals surface area contributed by atoms with Crippen molar-refractivity contribution in [2.75, 3.05) is 6.54 Å². The van der Waals surface area contributed by atoms with E-state index in [1.807, 2.05) is 72.9 Å². The number of aromatic amines is 1. The first-order chi connectivity index (χ1) is 13.3. The van der Waals surface area contributed by atoms with Crippen LogP contribution in [0, 0.1) is 0 Å². The van der Waals surface area contributed by atoms with Crippen LogP contribution in [0.4, 0.5) is 0 Å². The van der Waals surface area contributed by atoms with Gasteiger partial charge in [0.2, 0.25) is 0 Å². The van der Waals surface area contributed by atoms with Crippen LogP contribution < -0.4 is 5.32 Å². The lowest BCUT2D eigenvalue weighted by atomic mass is 9.96. The number of para-hydroxylation sites is 1. The van der Waals surface area contributed by atoms with Crippen LogP contribution >= 0.6 is 0 Å². The largest absolute Gasteiger partial charge is 0.360 e. The van der Waals surface area contributed by atoms with Crippen molar-refractivity contribution in [3.05, 3.63) is 102 Å². The fourth-order valence-corrected chi connectivity index (χ4v) is 3.35. The molecule has 0 radical (unpaired) electrons. The second kappa shape index (κ2) is 7.98. The van der Waals surface area contributed by atoms with Crippen molar-refractivity contribution >= 4 is 16.7 Å². The van der Waals surface area contributed by atoms with E-state index < -0.39 is 0 Å². The average Bonchev–Trinajstić information content (AvgIpc) is 3.16. The second-order valence-corrected chi connectivity index (χ2v) is 6.52. The highest BCUT2D eigenvalue weighted by atomic mass is 16.1. The highest BCUT2D eigenvalue weighted by Crippen LogP contribution is 2.24. The van der Waals surface area contributed by atoms with E-state index in [0.717, 1.165) is 28.5 Å². The zero-order valence-corrected chi connectivity index (χ0v) is 14.9. The lowest BCUT2D eigenvalue weighted by Gasteiger charge is -2.18. The fourth-order valence-electron chi connectivity index (χ4n) is 3.35. The predicted octanol–water partition coefficient (Wildman–Crippen LogP) is 4.32. The number of ketones is 1. The number of Topliss-reactive ketones (excluding diaryl/α,β-unsaturated/α-hetero) is 1. The van der Waals surface area contributed by atoms with Crippen LogP contribution in [0.25, 0.3) is 10.9 Å². The molecular formula is C23H21N3O. The molecule has 4 aromatic rings. The molecule has 134 valence electrons. The second-order valence-electron chi connectivity index (χ2n) is 6.52. The molecule has 1 atom stereocenters. The summed E-state index contributed by atoms with van der Waals surface area (Å²) in [6.07, 6.45) is 6.24. The number of nitrogens with zero attached hydrogens (tertiary/aromatic N) is 1. The molecule has 0 aliphatic rings. The first-order valence-corrected chi connectivity index (χ1v) is 9.10. The van der Waals surface area contributed by atoms with E-state index in [9.17, 15) is 4.79 Å². The Hall–Kier alpha value is -3.24. The number of fused-ring (bicyclic) bond motifs is 1. The Morgan fingerprint density at radius 3 is 2.52 bits per heavy atom. The molecule has 0 saturated heterocycles. The number of aromatic nitrogens is 2. The average molecular weight is 355 g/mol. The number of H-pyrrole nitrogens is 1. The van der Waals surface area contributed by atoms with Crippen LogP contribution in [0.3, 0.4) is 0 Å². The molecular weight excluding hydrogens is 334 g/mol. The van der Waals surface area contributed by atoms with Crippen LogP contribution in [0.2, 0.25) is 0 Å². The van der Waals surface area contributed by atoms with Crippen LogP contribution in [0.1, 0.15) is 27.5 Å². The van der Waals surface area contributed by atoms with Crippen LogP contribution in [-0.4, -0.2) is 22.3 Å². The maximum Gasteiger partial charge on any atom is 0.186 e. The minimum absolute atomic E-state index is 0.0772. The van der Waals surface area contributed by atoms with E-state index in [-0.39, 0.29) is 11.8 Å². The number of benzene rings is 2. The molecule has 0 amide bonds. The van der Waals surface area contributed by atoms with Crippen molar-refractivity contribution in [1.82, 2.24) is 15.3 Å². The van der Waals surface area contributed by atoms with Gasteiger partial charge in [-0.1, -0.05) is 48.5 Å². The standard InChI is InChI=1S/C23H21N3O/c27-23(20-16-26-21-9-5-4-8-19(20)21)22(18-6-2-1-3-7-18)25-15-12-17-10-13-24-14-11-17/h1-11,13-14,16,22,25-26H,12,15H2/t22-/m1/s1. The van der Waals surface area contributed by atoms with E-state index in [1.165, 1.54) is 5.56 Å². The SMILES string of the molecule is O=C(c1c[nH]c2ccccc12)[C@H](NCCc1ccncc1)c1ccccc1. The molecule has 2 aromatic heterocycles. The molecule has 0 aliphatic carbocycles. The van der Waals surface area contributed by atoms with Crippen molar-refractivity contribution < 1.29 is 4.79 Å². The Balaban J connectivity index is 1.59. The van der Waals surface area contributed by atoms with Gasteiger partial charge in [0.25, 0.3) is 0 Å². The summed E-state index contributed by atoms with van der Waals surface area (Å²) in [4.78, 5) is 20.6. The predicted molar refractivity (Wildman–Crippen MR) is 108 cm³/mol. The van der Waals surface area contributed by atoms with Crippen molar-refractivity contribution in [2.24, 2.45) is 0 Å². The molecule has 2 aromatic carbocycles. The Bertz CT molecular complexity index is 1030. The van der Waals surface area contributed by atoms with Gasteiger partial charge in [-0.15, -0.1) is 0 Å². The Labute approximate surface area is 158 Å². The highest BCUT2D eigenvalue weighted by molar-refractivity contribution is 6.10. The normalized spacial score (nSPS) is 12.1. The van der Waals surface area contributed by atoms with Crippen molar-refractivity contribution in [1.29, 1.82) is 0 Å². The summed E-state index contributed by atoms with van der Waals surface area (Å²) in [5.41, 5.74) is 3.87. The summed E-state index contributed by atoms with van der Waals surface area (Å²) in [7, 11) is 0. The van der Waals surface area contributed by atoms with Gasteiger partial charge in [0.15, 0.2) is 5.78 Å². The number of hydrogen-bond acceptors (Lipinski definition) is 3. The topological polar surface area (TPSA) is 57.8 Å². The van der Waals surface area contributed by atoms with Gasteiger partial charge >= 0.3 is 0 Å². The van der Waals surface area contributed by atoms with E-state index in [2.05, 4.69) is 15.3 Å². The number of hydrogen-bond donors (Lipinski definition) is 2. The summed E-state index contributed by atoms with van der Waals surface area (Å²) < 4.78 is 0. The van der Waals surface area contributed by atoms with E-state index in [1.54, 1.807) is 12.4 Å². The summed E-state index contributed by atoms with van der Waals surface area (Å²) in [6.45, 7) is 0.706.